The van der Waals surface area contributed by atoms with Crippen molar-refractivity contribution in [1.29, 1.82) is 0 Å². The molecule has 1 amide bonds. The van der Waals surface area contributed by atoms with Gasteiger partial charge in [0.1, 0.15) is 17.2 Å². The van der Waals surface area contributed by atoms with E-state index in [-0.39, 0.29) is 28.7 Å². The Morgan fingerprint density at radius 1 is 0.895 bits per heavy atom. The summed E-state index contributed by atoms with van der Waals surface area (Å²) < 4.78 is 0. The van der Waals surface area contributed by atoms with Crippen molar-refractivity contribution in [2.24, 2.45) is 0 Å². The van der Waals surface area contributed by atoms with Crippen LogP contribution in [-0.4, -0.2) is 28.3 Å². The predicted octanol–water partition coefficient (Wildman–Crippen LogP) is 2.08. The second-order valence-corrected chi connectivity index (χ2v) is 4.12. The Hall–Kier alpha value is -2.69. The van der Waals surface area contributed by atoms with Gasteiger partial charge in [-0.25, -0.2) is 0 Å². The van der Waals surface area contributed by atoms with Crippen molar-refractivity contribution in [3.63, 3.8) is 0 Å². The molecule has 0 saturated heterocycles. The lowest BCUT2D eigenvalue weighted by molar-refractivity contribution is 0.0992. The minimum atomic E-state index is -0.378. The van der Waals surface area contributed by atoms with Gasteiger partial charge in [0, 0.05) is 24.4 Å². The quantitative estimate of drug-likeness (QED) is 0.771. The van der Waals surface area contributed by atoms with E-state index in [0.29, 0.717) is 5.69 Å². The number of anilines is 1. The monoisotopic (exact) mass is 259 g/mol. The molecule has 3 N–H and O–H groups in total. The summed E-state index contributed by atoms with van der Waals surface area (Å²) >= 11 is 0. The summed E-state index contributed by atoms with van der Waals surface area (Å²) in [6.07, 6.45) is 0. The number of aromatic hydroxyl groups is 3. The normalized spacial score (nSPS) is 10.2. The minimum absolute atomic E-state index is 0.111. The summed E-state index contributed by atoms with van der Waals surface area (Å²) in [6, 6.07) is 9.83. The molecule has 0 unspecified atom stereocenters. The highest BCUT2D eigenvalue weighted by atomic mass is 16.3. The van der Waals surface area contributed by atoms with Crippen LogP contribution in [0.1, 0.15) is 10.4 Å². The van der Waals surface area contributed by atoms with E-state index in [2.05, 4.69) is 0 Å². The van der Waals surface area contributed by atoms with E-state index in [4.69, 9.17) is 0 Å². The van der Waals surface area contributed by atoms with Crippen molar-refractivity contribution in [2.75, 3.05) is 11.9 Å². The van der Waals surface area contributed by atoms with Crippen LogP contribution in [-0.2, 0) is 0 Å². The maximum Gasteiger partial charge on any atom is 0.258 e. The maximum atomic E-state index is 12.2. The molecule has 2 aromatic carbocycles. The molecule has 5 heteroatoms. The van der Waals surface area contributed by atoms with Gasteiger partial charge in [-0.2, -0.15) is 0 Å². The van der Waals surface area contributed by atoms with E-state index in [0.717, 1.165) is 6.07 Å². The van der Waals surface area contributed by atoms with Gasteiger partial charge in [-0.05, 0) is 36.4 Å². The van der Waals surface area contributed by atoms with E-state index in [1.807, 2.05) is 0 Å². The smallest absolute Gasteiger partial charge is 0.258 e. The lowest BCUT2D eigenvalue weighted by Crippen LogP contribution is -2.26. The lowest BCUT2D eigenvalue weighted by atomic mass is 10.1. The fourth-order valence-corrected chi connectivity index (χ4v) is 1.71. The van der Waals surface area contributed by atoms with Crippen molar-refractivity contribution in [1.82, 2.24) is 0 Å². The van der Waals surface area contributed by atoms with E-state index in [1.165, 1.54) is 29.2 Å². The number of nitrogens with zero attached hydrogens (tertiary/aromatic N) is 1. The van der Waals surface area contributed by atoms with Gasteiger partial charge in [-0.15, -0.1) is 0 Å². The first-order valence-corrected chi connectivity index (χ1v) is 5.57. The van der Waals surface area contributed by atoms with Gasteiger partial charge in [-0.1, -0.05) is 0 Å². The molecule has 5 nitrogen and oxygen atoms in total. The van der Waals surface area contributed by atoms with Crippen LogP contribution in [0.4, 0.5) is 5.69 Å². The fraction of sp³-hybridized carbons (Fsp3) is 0.0714. The molecule has 0 aromatic heterocycles. The van der Waals surface area contributed by atoms with Crippen molar-refractivity contribution >= 4 is 11.6 Å². The fourth-order valence-electron chi connectivity index (χ4n) is 1.71. The molecule has 0 fully saturated rings. The van der Waals surface area contributed by atoms with Crippen LogP contribution < -0.4 is 4.90 Å². The van der Waals surface area contributed by atoms with E-state index >= 15 is 0 Å². The van der Waals surface area contributed by atoms with Crippen molar-refractivity contribution in [3.8, 4) is 17.2 Å². The number of hydrogen-bond acceptors (Lipinski definition) is 4. The second-order valence-electron chi connectivity index (χ2n) is 4.12. The Kier molecular flexibility index (Phi) is 3.29. The first-order chi connectivity index (χ1) is 8.97. The van der Waals surface area contributed by atoms with Gasteiger partial charge < -0.3 is 20.2 Å². The van der Waals surface area contributed by atoms with Gasteiger partial charge in [0.25, 0.3) is 5.91 Å². The van der Waals surface area contributed by atoms with Gasteiger partial charge in [0.15, 0.2) is 0 Å². The molecule has 0 atom stereocenters. The SMILES string of the molecule is CN(C(=O)c1cc(O)cc(O)c1)c1ccc(O)cc1. The molecule has 0 aliphatic rings. The summed E-state index contributed by atoms with van der Waals surface area (Å²) in [5, 5.41) is 27.9. The molecular weight excluding hydrogens is 246 g/mol. The van der Waals surface area contributed by atoms with Crippen LogP contribution in [0.2, 0.25) is 0 Å². The second kappa shape index (κ2) is 4.89. The average Bonchev–Trinajstić information content (AvgIpc) is 2.37. The summed E-state index contributed by atoms with van der Waals surface area (Å²) in [5.41, 5.74) is 0.763. The molecule has 0 radical (unpaired) electrons. The van der Waals surface area contributed by atoms with Gasteiger partial charge in [-0.3, -0.25) is 4.79 Å². The highest BCUT2D eigenvalue weighted by molar-refractivity contribution is 6.06. The van der Waals surface area contributed by atoms with Gasteiger partial charge >= 0.3 is 0 Å². The van der Waals surface area contributed by atoms with Crippen molar-refractivity contribution in [3.05, 3.63) is 48.0 Å². The molecule has 0 heterocycles. The topological polar surface area (TPSA) is 81.0 Å². The minimum Gasteiger partial charge on any atom is -0.508 e. The number of hydrogen-bond donors (Lipinski definition) is 3. The molecule has 2 rings (SSSR count). The zero-order chi connectivity index (χ0) is 14.0. The Labute approximate surface area is 110 Å². The zero-order valence-electron chi connectivity index (χ0n) is 10.2. The summed E-state index contributed by atoms with van der Waals surface area (Å²) in [6.45, 7) is 0. The summed E-state index contributed by atoms with van der Waals surface area (Å²) in [5.74, 6) is -0.624. The lowest BCUT2D eigenvalue weighted by Gasteiger charge is -2.17. The largest absolute Gasteiger partial charge is 0.508 e. The third kappa shape index (κ3) is 2.77. The van der Waals surface area contributed by atoms with Crippen LogP contribution in [0, 0.1) is 0 Å². The Morgan fingerprint density at radius 3 is 1.95 bits per heavy atom. The van der Waals surface area contributed by atoms with E-state index in [1.54, 1.807) is 19.2 Å². The number of phenols is 3. The van der Waals surface area contributed by atoms with Crippen molar-refractivity contribution < 1.29 is 20.1 Å². The number of carbonyl (C=O) groups is 1. The highest BCUT2D eigenvalue weighted by Gasteiger charge is 2.15. The Bertz CT molecular complexity index is 587. The Balaban J connectivity index is 2.30. The van der Waals surface area contributed by atoms with Crippen LogP contribution in [0.5, 0.6) is 17.2 Å². The number of amides is 1. The van der Waals surface area contributed by atoms with E-state index < -0.39 is 0 Å². The summed E-state index contributed by atoms with van der Waals surface area (Å²) in [4.78, 5) is 13.5. The molecule has 0 bridgehead atoms. The Morgan fingerprint density at radius 2 is 1.42 bits per heavy atom. The first-order valence-electron chi connectivity index (χ1n) is 5.57. The molecule has 0 spiro atoms. The standard InChI is InChI=1S/C14H13NO4/c1-15(10-2-4-11(16)5-3-10)14(19)9-6-12(17)8-13(18)7-9/h2-8,16-18H,1H3. The maximum absolute atomic E-state index is 12.2. The molecule has 19 heavy (non-hydrogen) atoms. The third-order valence-electron chi connectivity index (χ3n) is 2.69. The predicted molar refractivity (Wildman–Crippen MR) is 70.6 cm³/mol. The first kappa shape index (κ1) is 12.8. The number of phenolic OH excluding ortho intramolecular Hbond substituents is 3. The zero-order valence-corrected chi connectivity index (χ0v) is 10.2. The van der Waals surface area contributed by atoms with E-state index in [9.17, 15) is 20.1 Å². The number of benzene rings is 2. The third-order valence-corrected chi connectivity index (χ3v) is 2.69. The van der Waals surface area contributed by atoms with Crippen LogP contribution >= 0.6 is 0 Å². The van der Waals surface area contributed by atoms with Gasteiger partial charge in [0.2, 0.25) is 0 Å². The molecule has 98 valence electrons. The number of rotatable bonds is 2. The molecule has 0 aliphatic carbocycles. The summed E-state index contributed by atoms with van der Waals surface area (Å²) in [7, 11) is 1.57. The van der Waals surface area contributed by atoms with Crippen LogP contribution in [0.3, 0.4) is 0 Å². The van der Waals surface area contributed by atoms with Crippen LogP contribution in [0.25, 0.3) is 0 Å². The van der Waals surface area contributed by atoms with Crippen LogP contribution in [0.15, 0.2) is 42.5 Å². The number of carbonyl (C=O) groups excluding carboxylic acids is 1. The molecule has 0 aliphatic heterocycles. The van der Waals surface area contributed by atoms with Gasteiger partial charge in [0.05, 0.1) is 0 Å². The highest BCUT2D eigenvalue weighted by Crippen LogP contribution is 2.24. The molecule has 0 saturated carbocycles. The van der Waals surface area contributed by atoms with Crippen molar-refractivity contribution in [2.45, 2.75) is 0 Å². The molecular formula is C14H13NO4. The molecule has 2 aromatic rings. The average molecular weight is 259 g/mol.